The van der Waals surface area contributed by atoms with Crippen LogP contribution >= 0.6 is 11.8 Å². The van der Waals surface area contributed by atoms with Crippen LogP contribution in [-0.2, 0) is 14.3 Å². The van der Waals surface area contributed by atoms with Crippen LogP contribution < -0.4 is 11.1 Å². The van der Waals surface area contributed by atoms with Crippen LogP contribution in [0.25, 0.3) is 0 Å². The molecule has 138 valence electrons. The highest BCUT2D eigenvalue weighted by atomic mass is 32.2. The van der Waals surface area contributed by atoms with Gasteiger partial charge in [-0.3, -0.25) is 14.4 Å². The van der Waals surface area contributed by atoms with Crippen LogP contribution in [0.15, 0.2) is 18.2 Å². The van der Waals surface area contributed by atoms with Crippen molar-refractivity contribution in [3.8, 4) is 0 Å². The third kappa shape index (κ3) is 8.18. The Hall–Kier alpha value is -1.86. The van der Waals surface area contributed by atoms with E-state index in [0.717, 1.165) is 12.2 Å². The second-order valence-electron chi connectivity index (χ2n) is 5.93. The fourth-order valence-electron chi connectivity index (χ4n) is 2.09. The molecule has 0 saturated carbocycles. The monoisotopic (exact) mass is 366 g/mol. The molecule has 1 unspecified atom stereocenters. The van der Waals surface area contributed by atoms with Crippen LogP contribution in [0.4, 0.5) is 11.4 Å². The minimum absolute atomic E-state index is 0.0312. The number of ketones is 2. The molecule has 0 spiro atoms. The number of carbonyl (C=O) groups is 3. The highest BCUT2D eigenvalue weighted by molar-refractivity contribution is 7.99. The molecular weight excluding hydrogens is 340 g/mol. The summed E-state index contributed by atoms with van der Waals surface area (Å²) in [6.07, 6.45) is 1.02. The number of rotatable bonds is 11. The summed E-state index contributed by atoms with van der Waals surface area (Å²) >= 11 is 1.52. The molecule has 0 fully saturated rings. The number of amides is 1. The van der Waals surface area contributed by atoms with Crippen LogP contribution in [-0.4, -0.2) is 42.7 Å². The van der Waals surface area contributed by atoms with E-state index >= 15 is 0 Å². The third-order valence-corrected chi connectivity index (χ3v) is 4.66. The first kappa shape index (κ1) is 21.2. The van der Waals surface area contributed by atoms with E-state index in [1.54, 1.807) is 32.2 Å². The van der Waals surface area contributed by atoms with Gasteiger partial charge in [0, 0.05) is 43.0 Å². The summed E-state index contributed by atoms with van der Waals surface area (Å²) in [4.78, 5) is 35.6. The number of nitrogen functional groups attached to an aromatic ring is 1. The molecule has 0 radical (unpaired) electrons. The molecule has 1 rings (SSSR count). The van der Waals surface area contributed by atoms with E-state index in [2.05, 4.69) is 5.32 Å². The minimum atomic E-state index is -0.338. The van der Waals surface area contributed by atoms with Crippen molar-refractivity contribution < 1.29 is 19.1 Å². The highest BCUT2D eigenvalue weighted by Gasteiger charge is 2.16. The van der Waals surface area contributed by atoms with Crippen molar-refractivity contribution >= 4 is 40.6 Å². The van der Waals surface area contributed by atoms with Gasteiger partial charge in [-0.1, -0.05) is 6.92 Å². The standard InChI is InChI=1S/C18H26N2O4S/c1-12(13(2)21)7-17(22)14-8-15(19)10-16(9-14)20-18(23)11-25-6-4-5-24-3/h8-10,12H,4-7,11,19H2,1-3H3,(H,20,23). The van der Waals surface area contributed by atoms with Crippen LogP contribution in [0.5, 0.6) is 0 Å². The summed E-state index contributed by atoms with van der Waals surface area (Å²) in [5.41, 5.74) is 7.11. The van der Waals surface area contributed by atoms with Gasteiger partial charge in [-0.25, -0.2) is 0 Å². The van der Waals surface area contributed by atoms with Gasteiger partial charge in [-0.05, 0) is 37.3 Å². The van der Waals surface area contributed by atoms with Crippen LogP contribution in [0.3, 0.4) is 0 Å². The van der Waals surface area contributed by atoms with Gasteiger partial charge < -0.3 is 15.8 Å². The number of ether oxygens (including phenoxy) is 1. The molecule has 0 aromatic heterocycles. The van der Waals surface area contributed by atoms with E-state index in [1.807, 2.05) is 0 Å². The molecular formula is C18H26N2O4S. The number of Topliss-reactive ketones (excluding diaryl/α,β-unsaturated/α-hetero) is 2. The van der Waals surface area contributed by atoms with Crippen molar-refractivity contribution in [3.05, 3.63) is 23.8 Å². The molecule has 0 saturated heterocycles. The lowest BCUT2D eigenvalue weighted by Crippen LogP contribution is -2.16. The van der Waals surface area contributed by atoms with Crippen molar-refractivity contribution in [1.82, 2.24) is 0 Å². The molecule has 1 atom stereocenters. The molecule has 0 aliphatic carbocycles. The second kappa shape index (κ2) is 10.9. The number of nitrogens with two attached hydrogens (primary N) is 1. The molecule has 7 heteroatoms. The summed E-state index contributed by atoms with van der Waals surface area (Å²) in [5, 5.41) is 2.75. The number of hydrogen-bond acceptors (Lipinski definition) is 6. The van der Waals surface area contributed by atoms with E-state index in [1.165, 1.54) is 18.7 Å². The van der Waals surface area contributed by atoms with Crippen molar-refractivity contribution in [2.24, 2.45) is 5.92 Å². The van der Waals surface area contributed by atoms with E-state index < -0.39 is 0 Å². The Morgan fingerprint density at radius 2 is 2.00 bits per heavy atom. The summed E-state index contributed by atoms with van der Waals surface area (Å²) in [5.74, 6) is 0.475. The molecule has 3 N–H and O–H groups in total. The molecule has 6 nitrogen and oxygen atoms in total. The van der Waals surface area contributed by atoms with Gasteiger partial charge in [0.15, 0.2) is 5.78 Å². The van der Waals surface area contributed by atoms with Gasteiger partial charge in [0.05, 0.1) is 5.75 Å². The zero-order valence-electron chi connectivity index (χ0n) is 15.0. The van der Waals surface area contributed by atoms with E-state index in [-0.39, 0.29) is 29.8 Å². The summed E-state index contributed by atoms with van der Waals surface area (Å²) in [7, 11) is 1.65. The van der Waals surface area contributed by atoms with Crippen molar-refractivity contribution in [3.63, 3.8) is 0 Å². The number of methoxy groups -OCH3 is 1. The predicted molar refractivity (Wildman–Crippen MR) is 102 cm³/mol. The van der Waals surface area contributed by atoms with Crippen LogP contribution in [0.1, 0.15) is 37.0 Å². The van der Waals surface area contributed by atoms with Crippen molar-refractivity contribution in [1.29, 1.82) is 0 Å². The molecule has 1 amide bonds. The lowest BCUT2D eigenvalue weighted by Gasteiger charge is -2.10. The number of thioether (sulfide) groups is 1. The number of carbonyl (C=O) groups excluding carboxylic acids is 3. The van der Waals surface area contributed by atoms with Gasteiger partial charge in [0.25, 0.3) is 0 Å². The minimum Gasteiger partial charge on any atom is -0.399 e. The summed E-state index contributed by atoms with van der Waals surface area (Å²) in [6, 6.07) is 4.77. The zero-order valence-corrected chi connectivity index (χ0v) is 15.8. The lowest BCUT2D eigenvalue weighted by atomic mass is 9.96. The smallest absolute Gasteiger partial charge is 0.234 e. The largest absolute Gasteiger partial charge is 0.399 e. The van der Waals surface area contributed by atoms with E-state index in [4.69, 9.17) is 10.5 Å². The highest BCUT2D eigenvalue weighted by Crippen LogP contribution is 2.20. The fourth-order valence-corrected chi connectivity index (χ4v) is 2.82. The Bertz CT molecular complexity index is 619. The summed E-state index contributed by atoms with van der Waals surface area (Å²) in [6.45, 7) is 3.86. The molecule has 1 aromatic rings. The SMILES string of the molecule is COCCCSCC(=O)Nc1cc(N)cc(C(=O)CC(C)C(C)=O)c1. The Morgan fingerprint density at radius 1 is 1.28 bits per heavy atom. The Balaban J connectivity index is 2.63. The van der Waals surface area contributed by atoms with E-state index in [0.29, 0.717) is 29.3 Å². The first-order valence-corrected chi connectivity index (χ1v) is 9.29. The quantitative estimate of drug-likeness (QED) is 0.355. The maximum absolute atomic E-state index is 12.3. The Kier molecular flexibility index (Phi) is 9.23. The zero-order chi connectivity index (χ0) is 18.8. The topological polar surface area (TPSA) is 98.5 Å². The average molecular weight is 366 g/mol. The van der Waals surface area contributed by atoms with Gasteiger partial charge >= 0.3 is 0 Å². The third-order valence-electron chi connectivity index (χ3n) is 3.62. The number of nitrogens with one attached hydrogen (secondary N) is 1. The number of hydrogen-bond donors (Lipinski definition) is 2. The maximum Gasteiger partial charge on any atom is 0.234 e. The molecule has 1 aromatic carbocycles. The van der Waals surface area contributed by atoms with Crippen LogP contribution in [0, 0.1) is 5.92 Å². The fraction of sp³-hybridized carbons (Fsp3) is 0.500. The summed E-state index contributed by atoms with van der Waals surface area (Å²) < 4.78 is 4.95. The normalized spacial score (nSPS) is 11.8. The van der Waals surface area contributed by atoms with Gasteiger partial charge in [0.1, 0.15) is 5.78 Å². The van der Waals surface area contributed by atoms with Crippen LogP contribution in [0.2, 0.25) is 0 Å². The number of benzene rings is 1. The van der Waals surface area contributed by atoms with Gasteiger partial charge in [-0.15, -0.1) is 0 Å². The Morgan fingerprint density at radius 3 is 2.64 bits per heavy atom. The predicted octanol–water partition coefficient (Wildman–Crippen LogP) is 2.77. The Labute approximate surface area is 152 Å². The van der Waals surface area contributed by atoms with Gasteiger partial charge in [0.2, 0.25) is 5.91 Å². The average Bonchev–Trinajstić information content (AvgIpc) is 2.53. The molecule has 0 bridgehead atoms. The molecule has 0 aliphatic heterocycles. The molecule has 0 heterocycles. The lowest BCUT2D eigenvalue weighted by molar-refractivity contribution is -0.120. The first-order chi connectivity index (χ1) is 11.8. The first-order valence-electron chi connectivity index (χ1n) is 8.14. The maximum atomic E-state index is 12.3. The van der Waals surface area contributed by atoms with Crippen molar-refractivity contribution in [2.75, 3.05) is 36.3 Å². The second-order valence-corrected chi connectivity index (χ2v) is 7.03. The molecule has 0 aliphatic rings. The van der Waals surface area contributed by atoms with E-state index in [9.17, 15) is 14.4 Å². The molecule has 25 heavy (non-hydrogen) atoms. The van der Waals surface area contributed by atoms with Crippen molar-refractivity contribution in [2.45, 2.75) is 26.7 Å². The van der Waals surface area contributed by atoms with Gasteiger partial charge in [-0.2, -0.15) is 11.8 Å². The number of anilines is 2.